The van der Waals surface area contributed by atoms with E-state index in [-0.39, 0.29) is 0 Å². The lowest BCUT2D eigenvalue weighted by Crippen LogP contribution is -2.28. The average Bonchev–Trinajstić information content (AvgIpc) is 3.07. The van der Waals surface area contributed by atoms with Crippen molar-refractivity contribution in [3.63, 3.8) is 0 Å². The SMILES string of the molecule is CCCNCc1cc(S(=O)(=O)NCC2CCCC2)cn1C. The van der Waals surface area contributed by atoms with E-state index in [1.165, 1.54) is 12.8 Å². The van der Waals surface area contributed by atoms with Crippen molar-refractivity contribution < 1.29 is 8.42 Å². The van der Waals surface area contributed by atoms with Gasteiger partial charge in [-0.3, -0.25) is 0 Å². The van der Waals surface area contributed by atoms with Crippen LogP contribution in [0.5, 0.6) is 0 Å². The number of nitrogens with one attached hydrogen (secondary N) is 2. The lowest BCUT2D eigenvalue weighted by atomic mass is 10.1. The summed E-state index contributed by atoms with van der Waals surface area (Å²) in [4.78, 5) is 0.372. The van der Waals surface area contributed by atoms with Gasteiger partial charge in [0.15, 0.2) is 0 Å². The summed E-state index contributed by atoms with van der Waals surface area (Å²) in [5.74, 6) is 0.508. The summed E-state index contributed by atoms with van der Waals surface area (Å²) in [5.41, 5.74) is 0.990. The summed E-state index contributed by atoms with van der Waals surface area (Å²) >= 11 is 0. The van der Waals surface area contributed by atoms with Crippen LogP contribution in [0.15, 0.2) is 17.2 Å². The number of hydrogen-bond donors (Lipinski definition) is 2. The van der Waals surface area contributed by atoms with E-state index in [4.69, 9.17) is 0 Å². The first kappa shape index (κ1) is 16.5. The topological polar surface area (TPSA) is 63.1 Å². The molecular formula is C15H27N3O2S. The first-order chi connectivity index (χ1) is 10.0. The van der Waals surface area contributed by atoms with Crippen molar-refractivity contribution in [3.8, 4) is 0 Å². The van der Waals surface area contributed by atoms with Gasteiger partial charge in [-0.2, -0.15) is 0 Å². The summed E-state index contributed by atoms with van der Waals surface area (Å²) in [6, 6.07) is 1.76. The van der Waals surface area contributed by atoms with Gasteiger partial charge in [0.25, 0.3) is 0 Å². The molecule has 6 heteroatoms. The van der Waals surface area contributed by atoms with Crippen molar-refractivity contribution in [1.29, 1.82) is 0 Å². The maximum absolute atomic E-state index is 12.3. The molecule has 0 amide bonds. The van der Waals surface area contributed by atoms with E-state index >= 15 is 0 Å². The first-order valence-corrected chi connectivity index (χ1v) is 9.37. The molecule has 0 bridgehead atoms. The van der Waals surface area contributed by atoms with Gasteiger partial charge in [-0.25, -0.2) is 13.1 Å². The van der Waals surface area contributed by atoms with Crippen molar-refractivity contribution in [1.82, 2.24) is 14.6 Å². The Morgan fingerprint density at radius 3 is 2.71 bits per heavy atom. The van der Waals surface area contributed by atoms with Gasteiger partial charge in [-0.1, -0.05) is 19.8 Å². The predicted octanol–water partition coefficient (Wildman–Crippen LogP) is 1.99. The van der Waals surface area contributed by atoms with Crippen LogP contribution < -0.4 is 10.0 Å². The molecule has 1 aromatic rings. The zero-order chi connectivity index (χ0) is 15.3. The van der Waals surface area contributed by atoms with E-state index in [1.807, 2.05) is 11.6 Å². The summed E-state index contributed by atoms with van der Waals surface area (Å²) in [6.45, 7) is 4.32. The number of hydrogen-bond acceptors (Lipinski definition) is 3. The second kappa shape index (κ2) is 7.42. The molecule has 2 rings (SSSR count). The highest BCUT2D eigenvalue weighted by atomic mass is 32.2. The number of aryl methyl sites for hydroxylation is 1. The van der Waals surface area contributed by atoms with Crippen molar-refractivity contribution in [2.75, 3.05) is 13.1 Å². The van der Waals surface area contributed by atoms with E-state index in [0.29, 0.717) is 23.9 Å². The highest BCUT2D eigenvalue weighted by Gasteiger charge is 2.21. The van der Waals surface area contributed by atoms with Crippen LogP contribution in [0.25, 0.3) is 0 Å². The van der Waals surface area contributed by atoms with Crippen molar-refractivity contribution in [3.05, 3.63) is 18.0 Å². The number of nitrogens with zero attached hydrogens (tertiary/aromatic N) is 1. The van der Waals surface area contributed by atoms with E-state index in [9.17, 15) is 8.42 Å². The summed E-state index contributed by atoms with van der Waals surface area (Å²) < 4.78 is 29.3. The maximum atomic E-state index is 12.3. The van der Waals surface area contributed by atoms with Crippen LogP contribution in [0.3, 0.4) is 0 Å². The van der Waals surface area contributed by atoms with Crippen LogP contribution in [0.1, 0.15) is 44.7 Å². The maximum Gasteiger partial charge on any atom is 0.242 e. The Hall–Kier alpha value is -0.850. The molecule has 0 atom stereocenters. The first-order valence-electron chi connectivity index (χ1n) is 7.88. The third kappa shape index (κ3) is 4.56. The van der Waals surface area contributed by atoms with Crippen LogP contribution in [0.4, 0.5) is 0 Å². The number of sulfonamides is 1. The van der Waals surface area contributed by atoms with Gasteiger partial charge in [-0.05, 0) is 37.8 Å². The van der Waals surface area contributed by atoms with E-state index in [2.05, 4.69) is 17.0 Å². The van der Waals surface area contributed by atoms with Crippen LogP contribution in [0, 0.1) is 5.92 Å². The van der Waals surface area contributed by atoms with Gasteiger partial charge in [0.2, 0.25) is 10.0 Å². The van der Waals surface area contributed by atoms with E-state index in [1.54, 1.807) is 12.3 Å². The zero-order valence-electron chi connectivity index (χ0n) is 13.1. The zero-order valence-corrected chi connectivity index (χ0v) is 13.9. The predicted molar refractivity (Wildman–Crippen MR) is 84.6 cm³/mol. The fraction of sp³-hybridized carbons (Fsp3) is 0.733. The Kier molecular flexibility index (Phi) is 5.84. The molecule has 0 unspecified atom stereocenters. The molecule has 1 aliphatic carbocycles. The Morgan fingerprint density at radius 1 is 1.33 bits per heavy atom. The largest absolute Gasteiger partial charge is 0.352 e. The third-order valence-electron chi connectivity index (χ3n) is 4.16. The second-order valence-corrected chi connectivity index (χ2v) is 7.72. The van der Waals surface area contributed by atoms with Crippen LogP contribution >= 0.6 is 0 Å². The Bertz CT molecular complexity index is 545. The number of aromatic nitrogens is 1. The Morgan fingerprint density at radius 2 is 2.05 bits per heavy atom. The van der Waals surface area contributed by atoms with Gasteiger partial charge in [0, 0.05) is 32.0 Å². The quantitative estimate of drug-likeness (QED) is 0.722. The molecule has 1 heterocycles. The molecule has 0 spiro atoms. The number of rotatable bonds is 8. The molecule has 0 saturated heterocycles. The van der Waals surface area contributed by atoms with Gasteiger partial charge in [0.05, 0.1) is 4.90 Å². The highest BCUT2D eigenvalue weighted by Crippen LogP contribution is 2.24. The fourth-order valence-corrected chi connectivity index (χ4v) is 4.03. The monoisotopic (exact) mass is 313 g/mol. The van der Waals surface area contributed by atoms with Gasteiger partial charge >= 0.3 is 0 Å². The van der Waals surface area contributed by atoms with Crippen LogP contribution in [-0.4, -0.2) is 26.1 Å². The normalized spacial score (nSPS) is 16.7. The molecule has 5 nitrogen and oxygen atoms in total. The molecule has 1 fully saturated rings. The molecule has 21 heavy (non-hydrogen) atoms. The molecular weight excluding hydrogens is 286 g/mol. The molecule has 0 aliphatic heterocycles. The lowest BCUT2D eigenvalue weighted by Gasteiger charge is -2.10. The molecule has 120 valence electrons. The molecule has 1 saturated carbocycles. The average molecular weight is 313 g/mol. The smallest absolute Gasteiger partial charge is 0.242 e. The Labute approximate surface area is 128 Å². The van der Waals surface area contributed by atoms with Crippen molar-refractivity contribution >= 4 is 10.0 Å². The third-order valence-corrected chi connectivity index (χ3v) is 5.55. The minimum atomic E-state index is -3.38. The summed E-state index contributed by atoms with van der Waals surface area (Å²) in [7, 11) is -1.49. The van der Waals surface area contributed by atoms with Crippen LogP contribution in [-0.2, 0) is 23.6 Å². The van der Waals surface area contributed by atoms with Gasteiger partial charge in [0.1, 0.15) is 0 Å². The van der Waals surface area contributed by atoms with Gasteiger partial charge in [-0.15, -0.1) is 0 Å². The minimum Gasteiger partial charge on any atom is -0.352 e. The standard InChI is InChI=1S/C15H27N3O2S/c1-3-8-16-11-14-9-15(12-18(14)2)21(19,20)17-10-13-6-4-5-7-13/h9,12-13,16-17H,3-8,10-11H2,1-2H3. The van der Waals surface area contributed by atoms with Gasteiger partial charge < -0.3 is 9.88 Å². The fourth-order valence-electron chi connectivity index (χ4n) is 2.82. The van der Waals surface area contributed by atoms with Crippen LogP contribution in [0.2, 0.25) is 0 Å². The minimum absolute atomic E-state index is 0.372. The lowest BCUT2D eigenvalue weighted by molar-refractivity contribution is 0.519. The second-order valence-electron chi connectivity index (χ2n) is 5.96. The molecule has 0 aromatic carbocycles. The molecule has 1 aromatic heterocycles. The van der Waals surface area contributed by atoms with Crippen molar-refractivity contribution in [2.24, 2.45) is 13.0 Å². The molecule has 2 N–H and O–H groups in total. The van der Waals surface area contributed by atoms with E-state index < -0.39 is 10.0 Å². The summed E-state index contributed by atoms with van der Waals surface area (Å²) in [6.07, 6.45) is 7.50. The van der Waals surface area contributed by atoms with Crippen molar-refractivity contribution in [2.45, 2.75) is 50.5 Å². The van der Waals surface area contributed by atoms with E-state index in [0.717, 1.165) is 31.5 Å². The molecule has 0 radical (unpaired) electrons. The Balaban J connectivity index is 1.96. The summed E-state index contributed by atoms with van der Waals surface area (Å²) in [5, 5.41) is 3.30. The highest BCUT2D eigenvalue weighted by molar-refractivity contribution is 7.89. The molecule has 1 aliphatic rings.